The van der Waals surface area contributed by atoms with Gasteiger partial charge in [0.1, 0.15) is 0 Å². The average molecular weight is 594 g/mol. The van der Waals surface area contributed by atoms with Gasteiger partial charge >= 0.3 is 0 Å². The summed E-state index contributed by atoms with van der Waals surface area (Å²) in [6.45, 7) is 10.9. The van der Waals surface area contributed by atoms with Gasteiger partial charge in [0.15, 0.2) is 0 Å². The highest BCUT2D eigenvalue weighted by Crippen LogP contribution is 2.39. The van der Waals surface area contributed by atoms with Gasteiger partial charge in [-0.2, -0.15) is 0 Å². The summed E-state index contributed by atoms with van der Waals surface area (Å²) in [4.78, 5) is 0. The minimum absolute atomic E-state index is 0.354. The van der Waals surface area contributed by atoms with E-state index in [4.69, 9.17) is 0 Å². The zero-order valence-electron chi connectivity index (χ0n) is 26.8. The zero-order valence-corrected chi connectivity index (χ0v) is 26.8. The van der Waals surface area contributed by atoms with Crippen molar-refractivity contribution in [3.8, 4) is 27.9 Å². The molecule has 7 rings (SSSR count). The zero-order chi connectivity index (χ0) is 31.6. The minimum atomic E-state index is 0.354. The molecule has 0 saturated carbocycles. The van der Waals surface area contributed by atoms with Crippen LogP contribution in [0.2, 0.25) is 0 Å². The largest absolute Gasteiger partial charge is 0.309 e. The second kappa shape index (κ2) is 12.5. The number of aryl methyl sites for hydroxylation is 1. The standard InChI is InChI=1S/C45H39N/c1-5-13-41-43-30-38(37-21-20-32(4)42(29-37)40-19-11-10-14-31(40)3)24-27-45(43)46(44(41)6-2)39-25-22-34(23-26-39)36-18-12-17-35(28-36)33-15-8-7-9-16-33/h5-30,32,42H,2H2,1,3-4H3/b13-5-. The molecule has 0 fully saturated rings. The molecule has 1 aliphatic carbocycles. The molecule has 0 N–H and O–H groups in total. The Bertz CT molecular complexity index is 2130. The molecule has 1 heterocycles. The van der Waals surface area contributed by atoms with Crippen LogP contribution < -0.4 is 0 Å². The van der Waals surface area contributed by atoms with Crippen molar-refractivity contribution in [2.75, 3.05) is 0 Å². The molecule has 0 spiro atoms. The molecule has 1 aliphatic rings. The van der Waals surface area contributed by atoms with E-state index in [-0.39, 0.29) is 0 Å². The Morgan fingerprint density at radius 3 is 2.09 bits per heavy atom. The molecule has 2 unspecified atom stereocenters. The topological polar surface area (TPSA) is 4.93 Å². The van der Waals surface area contributed by atoms with Crippen LogP contribution in [0, 0.1) is 12.8 Å². The monoisotopic (exact) mass is 593 g/mol. The normalized spacial score (nSPS) is 16.2. The Kier molecular flexibility index (Phi) is 7.99. The van der Waals surface area contributed by atoms with Gasteiger partial charge in [0, 0.05) is 22.6 Å². The first-order valence-corrected chi connectivity index (χ1v) is 16.2. The summed E-state index contributed by atoms with van der Waals surface area (Å²) in [6.07, 6.45) is 13.4. The van der Waals surface area contributed by atoms with Crippen LogP contribution in [-0.2, 0) is 0 Å². The fourth-order valence-corrected chi connectivity index (χ4v) is 6.95. The minimum Gasteiger partial charge on any atom is -0.309 e. The molecule has 1 nitrogen and oxygen atoms in total. The molecule has 0 aliphatic heterocycles. The van der Waals surface area contributed by atoms with Crippen molar-refractivity contribution in [1.82, 2.24) is 4.57 Å². The van der Waals surface area contributed by atoms with E-state index in [2.05, 4.69) is 184 Å². The molecular formula is C45H39N. The number of allylic oxidation sites excluding steroid dienone is 5. The molecule has 46 heavy (non-hydrogen) atoms. The molecule has 5 aromatic carbocycles. The molecule has 0 amide bonds. The lowest BCUT2D eigenvalue weighted by atomic mass is 9.79. The molecule has 0 saturated heterocycles. The van der Waals surface area contributed by atoms with E-state index < -0.39 is 0 Å². The third-order valence-electron chi connectivity index (χ3n) is 9.39. The Hall–Kier alpha value is -5.40. The maximum Gasteiger partial charge on any atom is 0.0541 e. The quantitative estimate of drug-likeness (QED) is 0.173. The number of fused-ring (bicyclic) bond motifs is 1. The summed E-state index contributed by atoms with van der Waals surface area (Å²) in [5, 5.41) is 1.23. The van der Waals surface area contributed by atoms with Gasteiger partial charge in [0.25, 0.3) is 0 Å². The Morgan fingerprint density at radius 2 is 1.37 bits per heavy atom. The number of hydrogen-bond donors (Lipinski definition) is 0. The van der Waals surface area contributed by atoms with Crippen molar-refractivity contribution in [1.29, 1.82) is 0 Å². The Balaban J connectivity index is 1.29. The van der Waals surface area contributed by atoms with Gasteiger partial charge in [0.2, 0.25) is 0 Å². The summed E-state index contributed by atoms with van der Waals surface area (Å²) >= 11 is 0. The average Bonchev–Trinajstić information content (AvgIpc) is 3.42. The molecule has 0 bridgehead atoms. The van der Waals surface area contributed by atoms with Gasteiger partial charge < -0.3 is 4.57 Å². The number of rotatable bonds is 7. The van der Waals surface area contributed by atoms with Crippen molar-refractivity contribution >= 4 is 28.6 Å². The molecule has 0 radical (unpaired) electrons. The van der Waals surface area contributed by atoms with E-state index in [9.17, 15) is 0 Å². The molecule has 1 aromatic heterocycles. The third kappa shape index (κ3) is 5.39. The summed E-state index contributed by atoms with van der Waals surface area (Å²) in [6, 6.07) is 43.9. The first-order chi connectivity index (χ1) is 22.6. The first kappa shape index (κ1) is 29.3. The maximum absolute atomic E-state index is 4.25. The predicted molar refractivity (Wildman–Crippen MR) is 199 cm³/mol. The summed E-state index contributed by atoms with van der Waals surface area (Å²) < 4.78 is 2.34. The van der Waals surface area contributed by atoms with Crippen molar-refractivity contribution in [3.05, 3.63) is 180 Å². The van der Waals surface area contributed by atoms with Gasteiger partial charge in [-0.25, -0.2) is 0 Å². The first-order valence-electron chi connectivity index (χ1n) is 16.2. The summed E-state index contributed by atoms with van der Waals surface area (Å²) in [5.41, 5.74) is 14.7. The predicted octanol–water partition coefficient (Wildman–Crippen LogP) is 12.3. The number of benzene rings is 5. The van der Waals surface area contributed by atoms with E-state index in [1.54, 1.807) is 0 Å². The lowest BCUT2D eigenvalue weighted by molar-refractivity contribution is 0.634. The van der Waals surface area contributed by atoms with Crippen LogP contribution in [0.1, 0.15) is 47.7 Å². The van der Waals surface area contributed by atoms with Crippen LogP contribution in [-0.4, -0.2) is 4.57 Å². The SMILES string of the molecule is C=Cc1c(/C=C\C)c2cc(C3=CC(c4ccccc4C)C(C)C=C3)ccc2n1-c1ccc(-c2cccc(-c3ccccc3)c2)cc1. The number of hydrogen-bond acceptors (Lipinski definition) is 0. The lowest BCUT2D eigenvalue weighted by Gasteiger charge is -2.25. The van der Waals surface area contributed by atoms with Gasteiger partial charge in [-0.05, 0) is 101 Å². The highest BCUT2D eigenvalue weighted by atomic mass is 15.0. The van der Waals surface area contributed by atoms with Gasteiger partial charge in [-0.15, -0.1) is 0 Å². The van der Waals surface area contributed by atoms with E-state index in [1.807, 2.05) is 6.08 Å². The van der Waals surface area contributed by atoms with E-state index in [0.717, 1.165) is 11.4 Å². The summed E-state index contributed by atoms with van der Waals surface area (Å²) in [7, 11) is 0. The summed E-state index contributed by atoms with van der Waals surface area (Å²) in [5.74, 6) is 0.802. The molecule has 224 valence electrons. The maximum atomic E-state index is 4.25. The second-order valence-corrected chi connectivity index (χ2v) is 12.3. The van der Waals surface area contributed by atoms with Crippen LogP contribution in [0.4, 0.5) is 0 Å². The fraction of sp³-hybridized carbons (Fsp3) is 0.111. The van der Waals surface area contributed by atoms with Crippen LogP contribution in [0.5, 0.6) is 0 Å². The van der Waals surface area contributed by atoms with Crippen LogP contribution in [0.3, 0.4) is 0 Å². The fourth-order valence-electron chi connectivity index (χ4n) is 6.95. The van der Waals surface area contributed by atoms with Gasteiger partial charge in [0.05, 0.1) is 11.2 Å². The third-order valence-corrected chi connectivity index (χ3v) is 9.39. The van der Waals surface area contributed by atoms with E-state index in [1.165, 1.54) is 61.0 Å². The van der Waals surface area contributed by atoms with Crippen LogP contribution in [0.15, 0.2) is 152 Å². The number of aromatic nitrogens is 1. The second-order valence-electron chi connectivity index (χ2n) is 12.3. The number of nitrogens with zero attached hydrogens (tertiary/aromatic N) is 1. The molecule has 2 atom stereocenters. The molecular weight excluding hydrogens is 555 g/mol. The smallest absolute Gasteiger partial charge is 0.0541 e. The van der Waals surface area contributed by atoms with Crippen LogP contribution in [0.25, 0.3) is 56.6 Å². The Labute approximate surface area is 273 Å². The van der Waals surface area contributed by atoms with E-state index >= 15 is 0 Å². The van der Waals surface area contributed by atoms with Gasteiger partial charge in [-0.1, -0.05) is 135 Å². The van der Waals surface area contributed by atoms with Crippen LogP contribution >= 0.6 is 0 Å². The molecule has 1 heteroatoms. The molecule has 6 aromatic rings. The van der Waals surface area contributed by atoms with E-state index in [0.29, 0.717) is 11.8 Å². The lowest BCUT2D eigenvalue weighted by Crippen LogP contribution is -2.10. The highest BCUT2D eigenvalue weighted by molar-refractivity contribution is 5.98. The van der Waals surface area contributed by atoms with Crippen molar-refractivity contribution in [2.45, 2.75) is 26.7 Å². The van der Waals surface area contributed by atoms with Gasteiger partial charge in [-0.3, -0.25) is 0 Å². The van der Waals surface area contributed by atoms with Crippen molar-refractivity contribution < 1.29 is 0 Å². The van der Waals surface area contributed by atoms with Crippen molar-refractivity contribution in [2.24, 2.45) is 5.92 Å². The van der Waals surface area contributed by atoms with Crippen molar-refractivity contribution in [3.63, 3.8) is 0 Å². The Morgan fingerprint density at radius 1 is 0.696 bits per heavy atom. The highest BCUT2D eigenvalue weighted by Gasteiger charge is 2.22.